The molecular weight excluding hydrogens is 435 g/mol. The van der Waals surface area contributed by atoms with Crippen LogP contribution in [0.15, 0.2) is 48.5 Å². The van der Waals surface area contributed by atoms with Crippen molar-refractivity contribution in [3.05, 3.63) is 71.0 Å². The van der Waals surface area contributed by atoms with E-state index < -0.39 is 6.04 Å². The van der Waals surface area contributed by atoms with Crippen molar-refractivity contribution in [2.75, 3.05) is 5.75 Å². The van der Waals surface area contributed by atoms with Crippen LogP contribution in [0.2, 0.25) is 0 Å². The molecule has 1 aliphatic rings. The lowest BCUT2D eigenvalue weighted by atomic mass is 9.95. The highest BCUT2D eigenvalue weighted by atomic mass is 32.2. The van der Waals surface area contributed by atoms with Gasteiger partial charge in [-0.15, -0.1) is 11.8 Å². The van der Waals surface area contributed by atoms with Gasteiger partial charge in [-0.25, -0.2) is 4.39 Å². The molecule has 33 heavy (non-hydrogen) atoms. The number of halogens is 1. The number of carbonyl (C=O) groups is 2. The van der Waals surface area contributed by atoms with Crippen LogP contribution in [-0.2, 0) is 21.9 Å². The van der Waals surface area contributed by atoms with Crippen molar-refractivity contribution < 1.29 is 14.0 Å². The van der Waals surface area contributed by atoms with Gasteiger partial charge >= 0.3 is 0 Å². The maximum absolute atomic E-state index is 13.3. The Kier molecular flexibility index (Phi) is 9.79. The van der Waals surface area contributed by atoms with Crippen LogP contribution in [0.5, 0.6) is 0 Å². The molecule has 0 bridgehead atoms. The SMILES string of the molecule is CCC(C(=O)NC1CCCCC1)N(Cc1cccc(C)c1)C(=O)CSCc1ccc(F)cc1. The maximum Gasteiger partial charge on any atom is 0.243 e. The summed E-state index contributed by atoms with van der Waals surface area (Å²) in [5.41, 5.74) is 3.13. The number of thioether (sulfide) groups is 1. The van der Waals surface area contributed by atoms with Gasteiger partial charge in [0.25, 0.3) is 0 Å². The predicted molar refractivity (Wildman–Crippen MR) is 133 cm³/mol. The standard InChI is InChI=1S/C27H35FN2O2S/c1-3-25(27(32)29-24-10-5-4-6-11-24)30(17-22-9-7-8-20(2)16-22)26(31)19-33-18-21-12-14-23(28)15-13-21/h7-9,12-16,24-25H,3-6,10-11,17-19H2,1-2H3,(H,29,32). The third-order valence-corrected chi connectivity index (χ3v) is 7.17. The van der Waals surface area contributed by atoms with E-state index >= 15 is 0 Å². The molecule has 1 N–H and O–H groups in total. The maximum atomic E-state index is 13.3. The van der Waals surface area contributed by atoms with E-state index in [1.54, 1.807) is 17.0 Å². The minimum Gasteiger partial charge on any atom is -0.352 e. The van der Waals surface area contributed by atoms with Crippen molar-refractivity contribution in [1.29, 1.82) is 0 Å². The second-order valence-electron chi connectivity index (χ2n) is 8.90. The Morgan fingerprint density at radius 2 is 1.82 bits per heavy atom. The quantitative estimate of drug-likeness (QED) is 0.490. The second kappa shape index (κ2) is 12.8. The first-order chi connectivity index (χ1) is 16.0. The highest BCUT2D eigenvalue weighted by Crippen LogP contribution is 2.20. The molecule has 4 nitrogen and oxygen atoms in total. The van der Waals surface area contributed by atoms with Crippen molar-refractivity contribution in [1.82, 2.24) is 10.2 Å². The number of aryl methyl sites for hydroxylation is 1. The summed E-state index contributed by atoms with van der Waals surface area (Å²) < 4.78 is 13.1. The number of nitrogens with one attached hydrogen (secondary N) is 1. The molecule has 1 fully saturated rings. The van der Waals surface area contributed by atoms with E-state index in [4.69, 9.17) is 0 Å². The molecule has 3 rings (SSSR count). The van der Waals surface area contributed by atoms with Crippen molar-refractivity contribution in [3.63, 3.8) is 0 Å². The van der Waals surface area contributed by atoms with Crippen LogP contribution in [0, 0.1) is 12.7 Å². The Balaban J connectivity index is 1.69. The van der Waals surface area contributed by atoms with E-state index in [1.807, 2.05) is 32.0 Å². The summed E-state index contributed by atoms with van der Waals surface area (Å²) in [7, 11) is 0. The van der Waals surface area contributed by atoms with Gasteiger partial charge in [-0.1, -0.05) is 68.1 Å². The number of benzene rings is 2. The Morgan fingerprint density at radius 1 is 1.09 bits per heavy atom. The molecule has 1 aliphatic carbocycles. The first-order valence-corrected chi connectivity index (χ1v) is 13.1. The van der Waals surface area contributed by atoms with Crippen molar-refractivity contribution in [3.8, 4) is 0 Å². The lowest BCUT2D eigenvalue weighted by Crippen LogP contribution is -2.52. The van der Waals surface area contributed by atoms with Crippen LogP contribution in [0.3, 0.4) is 0 Å². The van der Waals surface area contributed by atoms with Crippen LogP contribution in [0.25, 0.3) is 0 Å². The molecule has 1 atom stereocenters. The topological polar surface area (TPSA) is 49.4 Å². The van der Waals surface area contributed by atoms with Gasteiger partial charge in [-0.2, -0.15) is 0 Å². The molecule has 0 aliphatic heterocycles. The molecule has 0 heterocycles. The Labute approximate surface area is 201 Å². The molecule has 1 unspecified atom stereocenters. The van der Waals surface area contributed by atoms with Crippen LogP contribution in [0.4, 0.5) is 4.39 Å². The lowest BCUT2D eigenvalue weighted by molar-refractivity contribution is -0.139. The second-order valence-corrected chi connectivity index (χ2v) is 9.88. The smallest absolute Gasteiger partial charge is 0.243 e. The zero-order chi connectivity index (χ0) is 23.6. The molecule has 1 saturated carbocycles. The molecular formula is C27H35FN2O2S. The largest absolute Gasteiger partial charge is 0.352 e. The van der Waals surface area contributed by atoms with Crippen LogP contribution in [0.1, 0.15) is 62.1 Å². The normalized spacial score (nSPS) is 15.1. The molecule has 0 saturated heterocycles. The van der Waals surface area contributed by atoms with Crippen molar-refractivity contribution >= 4 is 23.6 Å². The molecule has 0 aromatic heterocycles. The van der Waals surface area contributed by atoms with Gasteiger partial charge < -0.3 is 10.2 Å². The van der Waals surface area contributed by atoms with E-state index in [0.29, 0.717) is 18.7 Å². The van der Waals surface area contributed by atoms with Crippen molar-refractivity contribution in [2.24, 2.45) is 0 Å². The number of nitrogens with zero attached hydrogens (tertiary/aromatic N) is 1. The monoisotopic (exact) mass is 470 g/mol. The van der Waals surface area contributed by atoms with Crippen LogP contribution < -0.4 is 5.32 Å². The molecule has 2 aromatic carbocycles. The van der Waals surface area contributed by atoms with Gasteiger partial charge in [0.15, 0.2) is 0 Å². The zero-order valence-corrected chi connectivity index (χ0v) is 20.5. The van der Waals surface area contributed by atoms with E-state index in [2.05, 4.69) is 11.4 Å². The predicted octanol–water partition coefficient (Wildman–Crippen LogP) is 5.62. The fourth-order valence-electron chi connectivity index (χ4n) is 4.39. The van der Waals surface area contributed by atoms with Gasteiger partial charge in [0, 0.05) is 18.3 Å². The molecule has 0 spiro atoms. The van der Waals surface area contributed by atoms with E-state index in [0.717, 1.165) is 42.4 Å². The molecule has 0 radical (unpaired) electrons. The van der Waals surface area contributed by atoms with Crippen LogP contribution >= 0.6 is 11.8 Å². The summed E-state index contributed by atoms with van der Waals surface area (Å²) in [5.74, 6) is 0.535. The van der Waals surface area contributed by atoms with Crippen molar-refractivity contribution in [2.45, 2.75) is 76.8 Å². The lowest BCUT2D eigenvalue weighted by Gasteiger charge is -2.33. The number of hydrogen-bond acceptors (Lipinski definition) is 3. The molecule has 6 heteroatoms. The Bertz CT molecular complexity index is 913. The average molecular weight is 471 g/mol. The molecule has 2 aromatic rings. The number of rotatable bonds is 10. The fourth-order valence-corrected chi connectivity index (χ4v) is 5.26. The summed E-state index contributed by atoms with van der Waals surface area (Å²) in [6.07, 6.45) is 6.12. The number of hydrogen-bond donors (Lipinski definition) is 1. The molecule has 178 valence electrons. The minimum absolute atomic E-state index is 0.0470. The van der Waals surface area contributed by atoms with Gasteiger partial charge in [-0.05, 0) is 49.4 Å². The number of amides is 2. The summed E-state index contributed by atoms with van der Waals surface area (Å²) in [6.45, 7) is 4.41. The van der Waals surface area contributed by atoms with E-state index in [-0.39, 0.29) is 29.4 Å². The number of carbonyl (C=O) groups excluding carboxylic acids is 2. The van der Waals surface area contributed by atoms with Gasteiger partial charge in [-0.3, -0.25) is 9.59 Å². The van der Waals surface area contributed by atoms with E-state index in [1.165, 1.54) is 30.3 Å². The third-order valence-electron chi connectivity index (χ3n) is 6.18. The highest BCUT2D eigenvalue weighted by molar-refractivity contribution is 7.99. The van der Waals surface area contributed by atoms with Gasteiger partial charge in [0.1, 0.15) is 11.9 Å². The highest BCUT2D eigenvalue weighted by Gasteiger charge is 2.30. The van der Waals surface area contributed by atoms with Crippen LogP contribution in [-0.4, -0.2) is 34.6 Å². The van der Waals surface area contributed by atoms with E-state index in [9.17, 15) is 14.0 Å². The molecule has 2 amide bonds. The third kappa shape index (κ3) is 7.88. The summed E-state index contributed by atoms with van der Waals surface area (Å²) in [4.78, 5) is 28.3. The summed E-state index contributed by atoms with van der Waals surface area (Å²) in [6, 6.07) is 14.2. The Morgan fingerprint density at radius 3 is 2.48 bits per heavy atom. The minimum atomic E-state index is -0.494. The first kappa shape index (κ1) is 25.3. The van der Waals surface area contributed by atoms with Gasteiger partial charge in [0.05, 0.1) is 5.75 Å². The average Bonchev–Trinajstić information content (AvgIpc) is 2.81. The summed E-state index contributed by atoms with van der Waals surface area (Å²) in [5, 5.41) is 3.21. The fraction of sp³-hybridized carbons (Fsp3) is 0.481. The summed E-state index contributed by atoms with van der Waals surface area (Å²) >= 11 is 1.49. The first-order valence-electron chi connectivity index (χ1n) is 11.9. The Hall–Kier alpha value is -2.34. The van der Waals surface area contributed by atoms with Gasteiger partial charge in [0.2, 0.25) is 11.8 Å². The zero-order valence-electron chi connectivity index (χ0n) is 19.7.